The van der Waals surface area contributed by atoms with E-state index in [4.69, 9.17) is 0 Å². The Hall–Kier alpha value is -1.93. The molecule has 0 saturated carbocycles. The SMILES string of the molecule is CC(=O)N[C@@H](C(=O)N1CCN(S(=O)(=O)c2c(C)cc(C(C)(C)C)cc2C)CC1)C(C)C. The first-order chi connectivity index (χ1) is 14.2. The van der Waals surface area contributed by atoms with Crippen molar-refractivity contribution in [2.24, 2.45) is 5.92 Å². The molecule has 0 bridgehead atoms. The van der Waals surface area contributed by atoms with Gasteiger partial charge in [-0.1, -0.05) is 46.8 Å². The van der Waals surface area contributed by atoms with E-state index in [1.807, 2.05) is 39.8 Å². The van der Waals surface area contributed by atoms with Crippen molar-refractivity contribution in [1.82, 2.24) is 14.5 Å². The summed E-state index contributed by atoms with van der Waals surface area (Å²) in [7, 11) is -3.66. The van der Waals surface area contributed by atoms with Crippen LogP contribution in [0.25, 0.3) is 0 Å². The van der Waals surface area contributed by atoms with Gasteiger partial charge < -0.3 is 10.2 Å². The predicted molar refractivity (Wildman–Crippen MR) is 122 cm³/mol. The minimum atomic E-state index is -3.66. The van der Waals surface area contributed by atoms with Gasteiger partial charge in [-0.2, -0.15) is 4.31 Å². The largest absolute Gasteiger partial charge is 0.344 e. The average Bonchev–Trinajstić information content (AvgIpc) is 2.63. The number of carbonyl (C=O) groups is 2. The second kappa shape index (κ2) is 9.28. The normalized spacial score (nSPS) is 17.0. The number of nitrogens with one attached hydrogen (secondary N) is 1. The molecule has 0 unspecified atom stereocenters. The van der Waals surface area contributed by atoms with Gasteiger partial charge in [-0.05, 0) is 41.9 Å². The molecule has 31 heavy (non-hydrogen) atoms. The molecular weight excluding hydrogens is 414 g/mol. The summed E-state index contributed by atoms with van der Waals surface area (Å²) in [5.74, 6) is -0.466. The fourth-order valence-electron chi connectivity index (χ4n) is 4.00. The van der Waals surface area contributed by atoms with Gasteiger partial charge in [-0.25, -0.2) is 8.42 Å². The molecule has 0 aromatic heterocycles. The van der Waals surface area contributed by atoms with E-state index in [-0.39, 0.29) is 36.2 Å². The Morgan fingerprint density at radius 3 is 1.87 bits per heavy atom. The smallest absolute Gasteiger partial charge is 0.245 e. The summed E-state index contributed by atoms with van der Waals surface area (Å²) >= 11 is 0. The summed E-state index contributed by atoms with van der Waals surface area (Å²) in [5, 5.41) is 2.71. The molecule has 1 aliphatic heterocycles. The number of piperazine rings is 1. The van der Waals surface area contributed by atoms with Crippen molar-refractivity contribution in [3.8, 4) is 0 Å². The van der Waals surface area contributed by atoms with Crippen LogP contribution in [-0.2, 0) is 25.0 Å². The van der Waals surface area contributed by atoms with Crippen molar-refractivity contribution in [3.63, 3.8) is 0 Å². The number of hydrogen-bond donors (Lipinski definition) is 1. The van der Waals surface area contributed by atoms with E-state index in [1.165, 1.54) is 11.2 Å². The molecule has 1 aliphatic rings. The number of rotatable bonds is 5. The lowest BCUT2D eigenvalue weighted by atomic mass is 9.85. The third-order valence-electron chi connectivity index (χ3n) is 5.77. The number of nitrogens with zero attached hydrogens (tertiary/aromatic N) is 2. The van der Waals surface area contributed by atoms with Gasteiger partial charge in [0.25, 0.3) is 0 Å². The predicted octanol–water partition coefficient (Wildman–Crippen LogP) is 2.59. The number of hydrogen-bond acceptors (Lipinski definition) is 4. The second-order valence-corrected chi connectivity index (χ2v) is 11.7. The third kappa shape index (κ3) is 5.66. The van der Waals surface area contributed by atoms with Gasteiger partial charge in [0.05, 0.1) is 4.90 Å². The van der Waals surface area contributed by atoms with Crippen molar-refractivity contribution in [3.05, 3.63) is 28.8 Å². The van der Waals surface area contributed by atoms with E-state index in [2.05, 4.69) is 26.1 Å². The van der Waals surface area contributed by atoms with Crippen LogP contribution in [0.3, 0.4) is 0 Å². The molecule has 1 N–H and O–H groups in total. The molecule has 1 aromatic carbocycles. The maximum absolute atomic E-state index is 13.4. The van der Waals surface area contributed by atoms with Crippen LogP contribution in [0.4, 0.5) is 0 Å². The van der Waals surface area contributed by atoms with Gasteiger partial charge in [0, 0.05) is 33.1 Å². The minimum Gasteiger partial charge on any atom is -0.344 e. The molecule has 1 aromatic rings. The third-order valence-corrected chi connectivity index (χ3v) is 7.97. The summed E-state index contributed by atoms with van der Waals surface area (Å²) in [6.07, 6.45) is 0. The number of benzene rings is 1. The Balaban J connectivity index is 2.20. The van der Waals surface area contributed by atoms with Crippen molar-refractivity contribution in [2.75, 3.05) is 26.2 Å². The first-order valence-electron chi connectivity index (χ1n) is 10.8. The molecule has 0 radical (unpaired) electrons. The van der Waals surface area contributed by atoms with E-state index in [9.17, 15) is 18.0 Å². The summed E-state index contributed by atoms with van der Waals surface area (Å²) in [6.45, 7) is 16.2. The summed E-state index contributed by atoms with van der Waals surface area (Å²) < 4.78 is 28.3. The lowest BCUT2D eigenvalue weighted by Crippen LogP contribution is -2.56. The second-order valence-electron chi connectivity index (χ2n) is 9.84. The van der Waals surface area contributed by atoms with E-state index in [1.54, 1.807) is 4.90 Å². The zero-order valence-electron chi connectivity index (χ0n) is 20.1. The summed E-state index contributed by atoms with van der Waals surface area (Å²) in [4.78, 5) is 26.4. The van der Waals surface area contributed by atoms with Gasteiger partial charge in [0.2, 0.25) is 21.8 Å². The molecule has 8 heteroatoms. The van der Waals surface area contributed by atoms with Crippen LogP contribution in [0, 0.1) is 19.8 Å². The lowest BCUT2D eigenvalue weighted by molar-refractivity contribution is -0.138. The molecule has 7 nitrogen and oxygen atoms in total. The highest BCUT2D eigenvalue weighted by Gasteiger charge is 2.35. The fraction of sp³-hybridized carbons (Fsp3) is 0.652. The number of aryl methyl sites for hydroxylation is 2. The van der Waals surface area contributed by atoms with Gasteiger partial charge in [-0.15, -0.1) is 0 Å². The summed E-state index contributed by atoms with van der Waals surface area (Å²) in [6, 6.07) is 3.32. The van der Waals surface area contributed by atoms with E-state index in [0.717, 1.165) is 16.7 Å². The molecule has 1 atom stereocenters. The Labute approximate surface area is 187 Å². The summed E-state index contributed by atoms with van der Waals surface area (Å²) in [5.41, 5.74) is 2.53. The number of amides is 2. The van der Waals surface area contributed by atoms with Crippen molar-refractivity contribution < 1.29 is 18.0 Å². The van der Waals surface area contributed by atoms with Gasteiger partial charge in [-0.3, -0.25) is 9.59 Å². The Bertz CT molecular complexity index is 917. The van der Waals surface area contributed by atoms with Crippen LogP contribution >= 0.6 is 0 Å². The van der Waals surface area contributed by atoms with Crippen molar-refractivity contribution in [1.29, 1.82) is 0 Å². The van der Waals surface area contributed by atoms with Crippen LogP contribution < -0.4 is 5.32 Å². The molecule has 1 heterocycles. The molecule has 2 rings (SSSR count). The van der Waals surface area contributed by atoms with Crippen molar-refractivity contribution in [2.45, 2.75) is 71.7 Å². The van der Waals surface area contributed by atoms with E-state index in [0.29, 0.717) is 18.0 Å². The zero-order chi connectivity index (χ0) is 23.7. The van der Waals surface area contributed by atoms with Crippen LogP contribution in [-0.4, -0.2) is 61.7 Å². The Kier molecular flexibility index (Phi) is 7.59. The molecule has 1 fully saturated rings. The molecule has 1 saturated heterocycles. The maximum atomic E-state index is 13.4. The van der Waals surface area contributed by atoms with Crippen LogP contribution in [0.5, 0.6) is 0 Å². The molecule has 174 valence electrons. The quantitative estimate of drug-likeness (QED) is 0.746. The average molecular weight is 452 g/mol. The minimum absolute atomic E-state index is 0.0511. The Morgan fingerprint density at radius 2 is 1.48 bits per heavy atom. The highest BCUT2D eigenvalue weighted by atomic mass is 32.2. The lowest BCUT2D eigenvalue weighted by Gasteiger charge is -2.37. The monoisotopic (exact) mass is 451 g/mol. The van der Waals surface area contributed by atoms with Crippen LogP contribution in [0.1, 0.15) is 58.2 Å². The van der Waals surface area contributed by atoms with Gasteiger partial charge in [0.15, 0.2) is 0 Å². The molecule has 0 spiro atoms. The first-order valence-corrected chi connectivity index (χ1v) is 12.3. The fourth-order valence-corrected chi connectivity index (χ4v) is 5.83. The maximum Gasteiger partial charge on any atom is 0.245 e. The number of carbonyl (C=O) groups excluding carboxylic acids is 2. The standard InChI is InChI=1S/C23H37N3O4S/c1-15(2)20(24-18(5)27)22(28)25-9-11-26(12-10-25)31(29,30)21-16(3)13-19(14-17(21)4)23(6,7)8/h13-15,20H,9-12H2,1-8H3,(H,24,27)/t20-/m1/s1. The molecule has 0 aliphatic carbocycles. The highest BCUT2D eigenvalue weighted by Crippen LogP contribution is 2.31. The van der Waals surface area contributed by atoms with E-state index < -0.39 is 16.1 Å². The molecule has 2 amide bonds. The molecular formula is C23H37N3O4S. The first kappa shape index (κ1) is 25.3. The Morgan fingerprint density at radius 1 is 1.00 bits per heavy atom. The van der Waals surface area contributed by atoms with Gasteiger partial charge >= 0.3 is 0 Å². The van der Waals surface area contributed by atoms with Crippen LogP contribution in [0.2, 0.25) is 0 Å². The van der Waals surface area contributed by atoms with Crippen LogP contribution in [0.15, 0.2) is 17.0 Å². The van der Waals surface area contributed by atoms with Gasteiger partial charge in [0.1, 0.15) is 6.04 Å². The number of sulfonamides is 1. The highest BCUT2D eigenvalue weighted by molar-refractivity contribution is 7.89. The van der Waals surface area contributed by atoms with Crippen molar-refractivity contribution >= 4 is 21.8 Å². The topological polar surface area (TPSA) is 86.8 Å². The zero-order valence-corrected chi connectivity index (χ0v) is 20.9. The van der Waals surface area contributed by atoms with E-state index >= 15 is 0 Å².